The molecule has 0 unspecified atom stereocenters. The maximum atomic E-state index is 5.73. The molecule has 0 amide bonds. The quantitative estimate of drug-likeness (QED) is 0.849. The minimum atomic E-state index is 0.300. The number of halogens is 2. The molecule has 0 fully saturated rings. The Kier molecular flexibility index (Phi) is 6.41. The summed E-state index contributed by atoms with van der Waals surface area (Å²) < 4.78 is 5.43. The van der Waals surface area contributed by atoms with Crippen molar-refractivity contribution in [1.29, 1.82) is 0 Å². The van der Waals surface area contributed by atoms with Crippen LogP contribution in [0.3, 0.4) is 0 Å². The predicted molar refractivity (Wildman–Crippen MR) is 73.7 cm³/mol. The van der Waals surface area contributed by atoms with Crippen LogP contribution >= 0.6 is 23.2 Å². The van der Waals surface area contributed by atoms with Crippen molar-refractivity contribution < 1.29 is 4.74 Å². The molecular weight excluding hydrogens is 257 g/mol. The zero-order valence-electron chi connectivity index (χ0n) is 10.0. The Labute approximate surface area is 113 Å². The lowest BCUT2D eigenvalue weighted by Crippen LogP contribution is -2.21. The Morgan fingerprint density at radius 1 is 1.35 bits per heavy atom. The van der Waals surface area contributed by atoms with Crippen LogP contribution in [0.5, 0.6) is 5.75 Å². The van der Waals surface area contributed by atoms with Gasteiger partial charge in [0.15, 0.2) is 0 Å². The highest BCUT2D eigenvalue weighted by Gasteiger charge is 1.98. The van der Waals surface area contributed by atoms with Gasteiger partial charge in [-0.1, -0.05) is 49.2 Å². The van der Waals surface area contributed by atoms with Gasteiger partial charge in [-0.2, -0.15) is 0 Å². The fraction of sp³-hybridized carbons (Fsp3) is 0.385. The van der Waals surface area contributed by atoms with Gasteiger partial charge in [0.05, 0.1) is 5.03 Å². The van der Waals surface area contributed by atoms with Crippen molar-refractivity contribution in [2.24, 2.45) is 0 Å². The first kappa shape index (κ1) is 14.4. The molecule has 0 saturated heterocycles. The number of nitrogens with one attached hydrogen (secondary N) is 1. The Morgan fingerprint density at radius 3 is 2.53 bits per heavy atom. The number of ether oxygens (including phenoxy) is 1. The first-order valence-electron chi connectivity index (χ1n) is 5.51. The lowest BCUT2D eigenvalue weighted by molar-refractivity contribution is 0.359. The molecule has 0 aliphatic carbocycles. The van der Waals surface area contributed by atoms with Gasteiger partial charge < -0.3 is 10.1 Å². The fourth-order valence-corrected chi connectivity index (χ4v) is 1.33. The summed E-state index contributed by atoms with van der Waals surface area (Å²) in [5.74, 6) is 0.787. The van der Waals surface area contributed by atoms with E-state index in [1.54, 1.807) is 0 Å². The van der Waals surface area contributed by atoms with Gasteiger partial charge >= 0.3 is 0 Å². The maximum absolute atomic E-state index is 5.73. The van der Waals surface area contributed by atoms with E-state index >= 15 is 0 Å². The zero-order chi connectivity index (χ0) is 12.7. The van der Waals surface area contributed by atoms with Gasteiger partial charge in [0, 0.05) is 18.1 Å². The molecule has 0 radical (unpaired) electrons. The first-order valence-corrected chi connectivity index (χ1v) is 6.33. The maximum Gasteiger partial charge on any atom is 0.125 e. The third-order valence-corrected chi connectivity index (χ3v) is 2.73. The second kappa shape index (κ2) is 7.59. The number of hydrogen-bond donors (Lipinski definition) is 1. The molecule has 0 saturated carbocycles. The summed E-state index contributed by atoms with van der Waals surface area (Å²) in [5, 5.41) is 3.84. The molecule has 0 heterocycles. The Bertz CT molecular complexity index is 360. The normalized spacial score (nSPS) is 11.9. The smallest absolute Gasteiger partial charge is 0.125 e. The average Bonchev–Trinajstić information content (AvgIpc) is 2.34. The van der Waals surface area contributed by atoms with E-state index in [0.717, 1.165) is 12.3 Å². The lowest BCUT2D eigenvalue weighted by atomic mass is 10.2. The SMILES string of the molecule is CC(C)NCc1ccc(OCC(Cl)=CCl)cc1. The summed E-state index contributed by atoms with van der Waals surface area (Å²) in [6.07, 6.45) is 0. The van der Waals surface area contributed by atoms with Crippen LogP contribution in [0, 0.1) is 0 Å². The average molecular weight is 274 g/mol. The summed E-state index contributed by atoms with van der Waals surface area (Å²) in [6, 6.07) is 8.40. The molecule has 0 atom stereocenters. The van der Waals surface area contributed by atoms with E-state index in [1.807, 2.05) is 24.3 Å². The fourth-order valence-electron chi connectivity index (χ4n) is 1.21. The van der Waals surface area contributed by atoms with Gasteiger partial charge in [0.25, 0.3) is 0 Å². The second-order valence-electron chi connectivity index (χ2n) is 4.02. The van der Waals surface area contributed by atoms with Gasteiger partial charge in [-0.25, -0.2) is 0 Å². The van der Waals surface area contributed by atoms with E-state index in [1.165, 1.54) is 11.1 Å². The molecule has 0 bridgehead atoms. The molecule has 1 aromatic carbocycles. The Morgan fingerprint density at radius 2 is 2.00 bits per heavy atom. The minimum absolute atomic E-state index is 0.300. The standard InChI is InChI=1S/C13H17Cl2NO/c1-10(2)16-8-11-3-5-13(6-4-11)17-9-12(15)7-14/h3-7,10,16H,8-9H2,1-2H3. The molecule has 0 aliphatic heterocycles. The van der Waals surface area contributed by atoms with Crippen molar-refractivity contribution in [3.05, 3.63) is 40.4 Å². The minimum Gasteiger partial charge on any atom is -0.488 e. The van der Waals surface area contributed by atoms with Gasteiger partial charge in [0.2, 0.25) is 0 Å². The summed E-state index contributed by atoms with van der Waals surface area (Å²) in [7, 11) is 0. The highest BCUT2D eigenvalue weighted by molar-refractivity contribution is 6.36. The summed E-state index contributed by atoms with van der Waals surface area (Å²) >= 11 is 11.2. The van der Waals surface area contributed by atoms with Crippen LogP contribution in [0.25, 0.3) is 0 Å². The molecule has 1 N–H and O–H groups in total. The van der Waals surface area contributed by atoms with Gasteiger partial charge in [-0.05, 0) is 17.7 Å². The highest BCUT2D eigenvalue weighted by atomic mass is 35.5. The van der Waals surface area contributed by atoms with Crippen molar-refractivity contribution in [1.82, 2.24) is 5.32 Å². The van der Waals surface area contributed by atoms with Gasteiger partial charge in [-0.15, -0.1) is 0 Å². The lowest BCUT2D eigenvalue weighted by Gasteiger charge is -2.09. The molecule has 17 heavy (non-hydrogen) atoms. The van der Waals surface area contributed by atoms with E-state index in [9.17, 15) is 0 Å². The van der Waals surface area contributed by atoms with Crippen LogP contribution in [0.2, 0.25) is 0 Å². The topological polar surface area (TPSA) is 21.3 Å². The second-order valence-corrected chi connectivity index (χ2v) is 4.73. The molecule has 94 valence electrons. The molecule has 2 nitrogen and oxygen atoms in total. The Hall–Kier alpha value is -0.700. The highest BCUT2D eigenvalue weighted by Crippen LogP contribution is 2.14. The zero-order valence-corrected chi connectivity index (χ0v) is 11.6. The predicted octanol–water partition coefficient (Wildman–Crippen LogP) is 3.88. The number of benzene rings is 1. The van der Waals surface area contributed by atoms with E-state index in [4.69, 9.17) is 27.9 Å². The van der Waals surface area contributed by atoms with Crippen LogP contribution in [0.15, 0.2) is 34.8 Å². The third kappa shape index (κ3) is 5.97. The molecule has 1 rings (SSSR count). The largest absolute Gasteiger partial charge is 0.488 e. The van der Waals surface area contributed by atoms with Gasteiger partial charge in [-0.3, -0.25) is 0 Å². The number of hydrogen-bond acceptors (Lipinski definition) is 2. The van der Waals surface area contributed by atoms with Crippen molar-refractivity contribution in [2.75, 3.05) is 6.61 Å². The molecule has 4 heteroatoms. The summed E-state index contributed by atoms with van der Waals surface area (Å²) in [4.78, 5) is 0. The van der Waals surface area contributed by atoms with Crippen molar-refractivity contribution in [2.45, 2.75) is 26.4 Å². The van der Waals surface area contributed by atoms with Crippen molar-refractivity contribution in [3.63, 3.8) is 0 Å². The van der Waals surface area contributed by atoms with Gasteiger partial charge in [0.1, 0.15) is 12.4 Å². The molecule has 0 aromatic heterocycles. The van der Waals surface area contributed by atoms with Crippen LogP contribution in [-0.4, -0.2) is 12.6 Å². The first-order chi connectivity index (χ1) is 8.11. The molecule has 0 aliphatic rings. The third-order valence-electron chi connectivity index (χ3n) is 2.13. The van der Waals surface area contributed by atoms with Crippen LogP contribution in [0.4, 0.5) is 0 Å². The van der Waals surface area contributed by atoms with Crippen molar-refractivity contribution >= 4 is 23.2 Å². The monoisotopic (exact) mass is 273 g/mol. The van der Waals surface area contributed by atoms with Crippen molar-refractivity contribution in [3.8, 4) is 5.75 Å². The Balaban J connectivity index is 2.44. The van der Waals surface area contributed by atoms with Crippen LogP contribution < -0.4 is 10.1 Å². The van der Waals surface area contributed by atoms with E-state index < -0.39 is 0 Å². The molecule has 1 aromatic rings. The van der Waals surface area contributed by atoms with E-state index in [-0.39, 0.29) is 0 Å². The van der Waals surface area contributed by atoms with E-state index in [0.29, 0.717) is 17.7 Å². The van der Waals surface area contributed by atoms with E-state index in [2.05, 4.69) is 19.2 Å². The number of rotatable bonds is 6. The summed E-state index contributed by atoms with van der Waals surface area (Å²) in [6.45, 7) is 5.41. The van der Waals surface area contributed by atoms with Crippen LogP contribution in [-0.2, 0) is 6.54 Å². The summed E-state index contributed by atoms with van der Waals surface area (Å²) in [5.41, 5.74) is 2.53. The van der Waals surface area contributed by atoms with Crippen LogP contribution in [0.1, 0.15) is 19.4 Å². The molecule has 0 spiro atoms. The molecular formula is C13H17Cl2NO.